The number of carbonyl (C=O) groups excluding carboxylic acids is 4. The third-order valence-corrected chi connectivity index (χ3v) is 11.6. The zero-order chi connectivity index (χ0) is 40.6. The van der Waals surface area contributed by atoms with Crippen molar-refractivity contribution in [1.82, 2.24) is 9.80 Å². The summed E-state index contributed by atoms with van der Waals surface area (Å²) in [6.45, 7) is 12.5. The van der Waals surface area contributed by atoms with Gasteiger partial charge < -0.3 is 19.6 Å². The molecule has 0 radical (unpaired) electrons. The maximum Gasteiger partial charge on any atom is 0.226 e. The summed E-state index contributed by atoms with van der Waals surface area (Å²) in [5.41, 5.74) is 4.43. The minimum Gasteiger partial charge on any atom is -0.309 e. The number of benzene rings is 4. The number of amides is 2. The predicted molar refractivity (Wildman–Crippen MR) is 231 cm³/mol. The van der Waals surface area contributed by atoms with Gasteiger partial charge in [0, 0.05) is 82.0 Å². The van der Waals surface area contributed by atoms with Crippen LogP contribution in [0, 0.1) is 11.8 Å². The topological polar surface area (TPSA) is 81.2 Å². The molecule has 0 N–H and O–H groups in total. The molecule has 0 aromatic heterocycles. The van der Waals surface area contributed by atoms with Crippen molar-refractivity contribution in [3.63, 3.8) is 0 Å². The van der Waals surface area contributed by atoms with Gasteiger partial charge in [-0.15, -0.1) is 0 Å². The fraction of sp³-hybridized carbons (Fsp3) is 0.429. The monoisotopic (exact) mass is 770 g/mol. The van der Waals surface area contributed by atoms with Gasteiger partial charge in [0.15, 0.2) is 0 Å². The molecule has 2 aliphatic rings. The molecule has 8 heteroatoms. The highest BCUT2D eigenvalue weighted by Crippen LogP contribution is 2.31. The minimum absolute atomic E-state index is 0.0646. The van der Waals surface area contributed by atoms with E-state index >= 15 is 0 Å². The minimum atomic E-state index is -0.153. The van der Waals surface area contributed by atoms with Gasteiger partial charge >= 0.3 is 0 Å². The second-order valence-corrected chi connectivity index (χ2v) is 15.3. The number of carbonyl (C=O) groups is 4. The van der Waals surface area contributed by atoms with E-state index in [2.05, 4.69) is 58.3 Å². The normalized spacial score (nSPS) is 19.8. The summed E-state index contributed by atoms with van der Waals surface area (Å²) in [5, 5.41) is 0. The van der Waals surface area contributed by atoms with Crippen LogP contribution in [0.1, 0.15) is 70.9 Å². The molecule has 0 aliphatic carbocycles. The van der Waals surface area contributed by atoms with Crippen LogP contribution in [-0.2, 0) is 32.0 Å². The van der Waals surface area contributed by atoms with E-state index in [0.29, 0.717) is 25.8 Å². The Morgan fingerprint density at radius 2 is 0.895 bits per heavy atom. The van der Waals surface area contributed by atoms with Gasteiger partial charge in [0.05, 0.1) is 11.8 Å². The molecule has 2 aliphatic heterocycles. The van der Waals surface area contributed by atoms with Crippen molar-refractivity contribution in [3.05, 3.63) is 132 Å². The highest BCUT2D eigenvalue weighted by molar-refractivity contribution is 5.96. The van der Waals surface area contributed by atoms with Crippen LogP contribution in [0.15, 0.2) is 121 Å². The van der Waals surface area contributed by atoms with Crippen LogP contribution in [0.5, 0.6) is 0 Å². The number of nitrogens with zero attached hydrogens (tertiary/aromatic N) is 4. The SMILES string of the molecule is CCC(=O)C1CN(CCc2ccccc2)CCC1N(C(=O)CC)c1ccccc1.CCC(=O)N(c1ccccc1)C1CCN(CCc2ccccc2)CC1C(C)=O. The van der Waals surface area contributed by atoms with Crippen LogP contribution >= 0.6 is 0 Å². The lowest BCUT2D eigenvalue weighted by molar-refractivity contribution is -0.126. The number of rotatable bonds is 15. The Morgan fingerprint density at radius 3 is 1.26 bits per heavy atom. The molecule has 2 fully saturated rings. The number of anilines is 2. The molecule has 8 nitrogen and oxygen atoms in total. The molecule has 302 valence electrons. The van der Waals surface area contributed by atoms with Gasteiger partial charge in [-0.05, 0) is 68.0 Å². The largest absolute Gasteiger partial charge is 0.309 e. The Hall–Kier alpha value is -4.92. The summed E-state index contributed by atoms with van der Waals surface area (Å²) in [7, 11) is 0. The van der Waals surface area contributed by atoms with Gasteiger partial charge in [-0.2, -0.15) is 0 Å². The lowest BCUT2D eigenvalue weighted by atomic mass is 9.85. The quantitative estimate of drug-likeness (QED) is 0.121. The van der Waals surface area contributed by atoms with E-state index in [1.165, 1.54) is 11.1 Å². The fourth-order valence-corrected chi connectivity index (χ4v) is 8.44. The third-order valence-electron chi connectivity index (χ3n) is 11.6. The Kier molecular flexibility index (Phi) is 16.8. The van der Waals surface area contributed by atoms with Crippen LogP contribution in [0.25, 0.3) is 0 Å². The standard InChI is InChI=1S/C25H32N2O2.C24H30N2O2/c1-3-24(28)22-19-26(17-15-20-11-7-5-8-12-20)18-16-23(22)27(25(29)4-2)21-13-9-6-10-14-21;1-3-24(28)26(21-12-8-5-9-13-21)23-15-17-25(18-22(23)19(2)27)16-14-20-10-6-4-7-11-20/h5-14,22-23H,3-4,15-19H2,1-2H3;4-13,22-23H,3,14-18H2,1-2H3. The highest BCUT2D eigenvalue weighted by Gasteiger charge is 2.40. The number of piperidine rings is 2. The summed E-state index contributed by atoms with van der Waals surface area (Å²) in [5.74, 6) is 0.303. The number of para-hydroxylation sites is 2. The zero-order valence-corrected chi connectivity index (χ0v) is 34.5. The van der Waals surface area contributed by atoms with Crippen molar-refractivity contribution >= 4 is 34.8 Å². The third kappa shape index (κ3) is 12.0. The van der Waals surface area contributed by atoms with Crippen LogP contribution in [-0.4, -0.2) is 84.5 Å². The van der Waals surface area contributed by atoms with Crippen molar-refractivity contribution in [2.24, 2.45) is 11.8 Å². The molecule has 4 unspecified atom stereocenters. The lowest BCUT2D eigenvalue weighted by Crippen LogP contribution is -2.55. The summed E-state index contributed by atoms with van der Waals surface area (Å²) in [6.07, 6.45) is 4.99. The molecule has 4 aromatic rings. The Morgan fingerprint density at radius 1 is 0.526 bits per heavy atom. The lowest BCUT2D eigenvalue weighted by Gasteiger charge is -2.43. The number of Topliss-reactive ketones (excluding diaryl/α,β-unsaturated/α-hetero) is 2. The molecule has 0 bridgehead atoms. The van der Waals surface area contributed by atoms with E-state index in [0.717, 1.165) is 69.8 Å². The van der Waals surface area contributed by atoms with E-state index in [4.69, 9.17) is 0 Å². The van der Waals surface area contributed by atoms with Crippen molar-refractivity contribution < 1.29 is 19.2 Å². The van der Waals surface area contributed by atoms with Crippen LogP contribution in [0.3, 0.4) is 0 Å². The molecule has 2 heterocycles. The van der Waals surface area contributed by atoms with E-state index in [1.807, 2.05) is 103 Å². The van der Waals surface area contributed by atoms with Gasteiger partial charge in [-0.1, -0.05) is 118 Å². The molecule has 0 spiro atoms. The second-order valence-electron chi connectivity index (χ2n) is 15.3. The maximum absolute atomic E-state index is 12.9. The maximum atomic E-state index is 12.9. The Bertz CT molecular complexity index is 1840. The summed E-state index contributed by atoms with van der Waals surface area (Å²) >= 11 is 0. The van der Waals surface area contributed by atoms with E-state index < -0.39 is 0 Å². The van der Waals surface area contributed by atoms with Crippen LogP contribution in [0.2, 0.25) is 0 Å². The highest BCUT2D eigenvalue weighted by atomic mass is 16.2. The van der Waals surface area contributed by atoms with Crippen molar-refractivity contribution in [2.45, 2.75) is 84.7 Å². The first-order chi connectivity index (χ1) is 27.7. The smallest absolute Gasteiger partial charge is 0.226 e. The number of hydrogen-bond donors (Lipinski definition) is 0. The number of likely N-dealkylation sites (tertiary alicyclic amines) is 2. The van der Waals surface area contributed by atoms with Crippen LogP contribution < -0.4 is 9.80 Å². The number of hydrogen-bond acceptors (Lipinski definition) is 6. The molecular formula is C49H62N4O4. The first-order valence-electron chi connectivity index (χ1n) is 21.0. The van der Waals surface area contributed by atoms with Gasteiger partial charge in [-0.25, -0.2) is 0 Å². The first-order valence-corrected chi connectivity index (χ1v) is 21.0. The van der Waals surface area contributed by atoms with E-state index in [9.17, 15) is 19.2 Å². The predicted octanol–water partition coefficient (Wildman–Crippen LogP) is 8.29. The molecule has 2 amide bonds. The molecule has 4 aromatic carbocycles. The zero-order valence-electron chi connectivity index (χ0n) is 34.5. The van der Waals surface area contributed by atoms with Gasteiger partial charge in [0.25, 0.3) is 0 Å². The molecule has 0 saturated carbocycles. The number of ketones is 2. The Balaban J connectivity index is 0.000000218. The summed E-state index contributed by atoms with van der Waals surface area (Å²) < 4.78 is 0. The van der Waals surface area contributed by atoms with Crippen LogP contribution in [0.4, 0.5) is 11.4 Å². The van der Waals surface area contributed by atoms with Crippen molar-refractivity contribution in [1.29, 1.82) is 0 Å². The molecule has 2 saturated heterocycles. The van der Waals surface area contributed by atoms with Gasteiger partial charge in [-0.3, -0.25) is 19.2 Å². The molecule has 57 heavy (non-hydrogen) atoms. The molecule has 6 rings (SSSR count). The fourth-order valence-electron chi connectivity index (χ4n) is 8.44. The molecular weight excluding hydrogens is 709 g/mol. The van der Waals surface area contributed by atoms with Gasteiger partial charge in [0.1, 0.15) is 11.6 Å². The van der Waals surface area contributed by atoms with E-state index in [-0.39, 0.29) is 47.3 Å². The van der Waals surface area contributed by atoms with Crippen molar-refractivity contribution in [2.75, 3.05) is 49.1 Å². The second kappa shape index (κ2) is 22.1. The average Bonchev–Trinajstić information content (AvgIpc) is 3.26. The first kappa shape index (κ1) is 43.2. The van der Waals surface area contributed by atoms with E-state index in [1.54, 1.807) is 6.92 Å². The molecule has 4 atom stereocenters. The summed E-state index contributed by atoms with van der Waals surface area (Å²) in [6, 6.07) is 40.4. The Labute approximate surface area is 340 Å². The average molecular weight is 771 g/mol. The van der Waals surface area contributed by atoms with Crippen molar-refractivity contribution in [3.8, 4) is 0 Å². The summed E-state index contributed by atoms with van der Waals surface area (Å²) in [4.78, 5) is 59.6. The van der Waals surface area contributed by atoms with Gasteiger partial charge in [0.2, 0.25) is 11.8 Å².